The van der Waals surface area contributed by atoms with Crippen LogP contribution in [0.15, 0.2) is 54.6 Å². The Morgan fingerprint density at radius 2 is 1.61 bits per heavy atom. The molecule has 33 heavy (non-hydrogen) atoms. The summed E-state index contributed by atoms with van der Waals surface area (Å²) in [6, 6.07) is 14.4. The maximum atomic E-state index is 14.8. The highest BCUT2D eigenvalue weighted by Gasteiger charge is 2.17. The third-order valence-electron chi connectivity index (χ3n) is 5.70. The summed E-state index contributed by atoms with van der Waals surface area (Å²) in [6.45, 7) is 4.80. The van der Waals surface area contributed by atoms with Crippen LogP contribution in [0.1, 0.15) is 32.3 Å². The molecule has 2 unspecified atom stereocenters. The fraction of sp³-hybridized carbons (Fsp3) is 0.286. The Balaban J connectivity index is 1.52. The fourth-order valence-corrected chi connectivity index (χ4v) is 3.84. The highest BCUT2D eigenvalue weighted by atomic mass is 19.2. The molecule has 1 aliphatic rings. The average molecular weight is 451 g/mol. The van der Waals surface area contributed by atoms with E-state index in [4.69, 9.17) is 9.47 Å². The largest absolute Gasteiger partial charge is 0.491 e. The molecule has 0 spiro atoms. The van der Waals surface area contributed by atoms with Crippen molar-refractivity contribution in [3.05, 3.63) is 77.6 Å². The molecule has 0 aliphatic carbocycles. The summed E-state index contributed by atoms with van der Waals surface area (Å²) in [6.07, 6.45) is 1.86. The van der Waals surface area contributed by atoms with E-state index in [-0.39, 0.29) is 24.0 Å². The third kappa shape index (κ3) is 5.23. The zero-order valence-corrected chi connectivity index (χ0v) is 18.6. The molecule has 2 atom stereocenters. The minimum atomic E-state index is -1.02. The van der Waals surface area contributed by atoms with Gasteiger partial charge in [0.25, 0.3) is 0 Å². The van der Waals surface area contributed by atoms with Crippen LogP contribution in [-0.2, 0) is 4.74 Å². The van der Waals surface area contributed by atoms with Gasteiger partial charge in [-0.25, -0.2) is 8.78 Å². The predicted octanol–water partition coefficient (Wildman–Crippen LogP) is 7.00. The molecule has 0 radical (unpaired) electrons. The van der Waals surface area contributed by atoms with Crippen LogP contribution in [0.4, 0.5) is 13.2 Å². The van der Waals surface area contributed by atoms with Crippen molar-refractivity contribution in [2.45, 2.75) is 32.8 Å². The lowest BCUT2D eigenvalue weighted by atomic mass is 9.98. The van der Waals surface area contributed by atoms with Crippen molar-refractivity contribution in [3.8, 4) is 39.8 Å². The SMILES string of the molecule is CCOc1ccc(-c2ccc(-c3ccc(C#CC4CCC(C)CO4)cc3F)cc2)c(F)c1F. The maximum Gasteiger partial charge on any atom is 0.201 e. The highest BCUT2D eigenvalue weighted by molar-refractivity contribution is 5.72. The highest BCUT2D eigenvalue weighted by Crippen LogP contribution is 2.32. The second-order valence-corrected chi connectivity index (χ2v) is 8.22. The molecule has 3 aromatic carbocycles. The van der Waals surface area contributed by atoms with Gasteiger partial charge in [0.2, 0.25) is 5.82 Å². The first-order valence-corrected chi connectivity index (χ1v) is 11.1. The number of halogens is 3. The van der Waals surface area contributed by atoms with Crippen molar-refractivity contribution >= 4 is 0 Å². The van der Waals surface area contributed by atoms with Crippen molar-refractivity contribution < 1.29 is 22.6 Å². The van der Waals surface area contributed by atoms with Crippen molar-refractivity contribution in [2.75, 3.05) is 13.2 Å². The molecule has 170 valence electrons. The molecule has 0 saturated carbocycles. The third-order valence-corrected chi connectivity index (χ3v) is 5.70. The van der Waals surface area contributed by atoms with Crippen LogP contribution in [0.25, 0.3) is 22.3 Å². The molecule has 1 heterocycles. The Bertz CT molecular complexity index is 1180. The second kappa shape index (κ2) is 10.1. The first-order chi connectivity index (χ1) is 16.0. The van der Waals surface area contributed by atoms with E-state index in [0.717, 1.165) is 12.8 Å². The van der Waals surface area contributed by atoms with Crippen molar-refractivity contribution in [1.82, 2.24) is 0 Å². The number of hydrogen-bond donors (Lipinski definition) is 0. The van der Waals surface area contributed by atoms with Crippen LogP contribution in [-0.4, -0.2) is 19.3 Å². The van der Waals surface area contributed by atoms with Crippen LogP contribution >= 0.6 is 0 Å². The summed E-state index contributed by atoms with van der Waals surface area (Å²) in [5.41, 5.74) is 2.23. The Morgan fingerprint density at radius 1 is 0.909 bits per heavy atom. The number of benzene rings is 3. The van der Waals surface area contributed by atoms with E-state index in [9.17, 15) is 13.2 Å². The van der Waals surface area contributed by atoms with Gasteiger partial charge in [0.1, 0.15) is 11.9 Å². The lowest BCUT2D eigenvalue weighted by molar-refractivity contribution is 0.0218. The van der Waals surface area contributed by atoms with Crippen LogP contribution in [0.5, 0.6) is 5.75 Å². The first-order valence-electron chi connectivity index (χ1n) is 11.1. The number of rotatable bonds is 4. The van der Waals surface area contributed by atoms with Crippen molar-refractivity contribution in [2.24, 2.45) is 5.92 Å². The quantitative estimate of drug-likeness (QED) is 0.398. The molecule has 3 aromatic rings. The monoisotopic (exact) mass is 450 g/mol. The molecular weight excluding hydrogens is 425 g/mol. The van der Waals surface area contributed by atoms with Gasteiger partial charge in [0.05, 0.1) is 13.2 Å². The molecule has 0 amide bonds. The van der Waals surface area contributed by atoms with Crippen LogP contribution in [0, 0.1) is 35.2 Å². The molecular formula is C28H25F3O2. The van der Waals surface area contributed by atoms with Gasteiger partial charge < -0.3 is 9.47 Å². The topological polar surface area (TPSA) is 18.5 Å². The molecule has 1 fully saturated rings. The van der Waals surface area contributed by atoms with Gasteiger partial charge in [-0.15, -0.1) is 0 Å². The molecule has 1 aliphatic heterocycles. The van der Waals surface area contributed by atoms with Gasteiger partial charge in [0, 0.05) is 16.7 Å². The smallest absolute Gasteiger partial charge is 0.201 e. The van der Waals surface area contributed by atoms with E-state index in [0.29, 0.717) is 34.8 Å². The van der Waals surface area contributed by atoms with Gasteiger partial charge in [-0.2, -0.15) is 4.39 Å². The first kappa shape index (κ1) is 22.9. The molecule has 0 N–H and O–H groups in total. The molecule has 2 nitrogen and oxygen atoms in total. The lowest BCUT2D eigenvalue weighted by Crippen LogP contribution is -2.22. The number of hydrogen-bond acceptors (Lipinski definition) is 2. The van der Waals surface area contributed by atoms with Gasteiger partial charge >= 0.3 is 0 Å². The summed E-state index contributed by atoms with van der Waals surface area (Å²) in [7, 11) is 0. The fourth-order valence-electron chi connectivity index (χ4n) is 3.84. The number of ether oxygens (including phenoxy) is 2. The molecule has 0 bridgehead atoms. The maximum absolute atomic E-state index is 14.8. The second-order valence-electron chi connectivity index (χ2n) is 8.22. The van der Waals surface area contributed by atoms with Gasteiger partial charge in [-0.05, 0) is 61.1 Å². The lowest BCUT2D eigenvalue weighted by Gasteiger charge is -2.22. The molecule has 4 rings (SSSR count). The Morgan fingerprint density at radius 3 is 2.24 bits per heavy atom. The normalized spacial score (nSPS) is 17.8. The van der Waals surface area contributed by atoms with E-state index < -0.39 is 17.5 Å². The van der Waals surface area contributed by atoms with Crippen molar-refractivity contribution in [3.63, 3.8) is 0 Å². The zero-order chi connectivity index (χ0) is 23.4. The van der Waals surface area contributed by atoms with Crippen LogP contribution in [0.2, 0.25) is 0 Å². The summed E-state index contributed by atoms with van der Waals surface area (Å²) < 4.78 is 54.3. The molecule has 0 aromatic heterocycles. The van der Waals surface area contributed by atoms with Crippen molar-refractivity contribution in [1.29, 1.82) is 0 Å². The molecule has 5 heteroatoms. The van der Waals surface area contributed by atoms with E-state index in [1.165, 1.54) is 18.2 Å². The van der Waals surface area contributed by atoms with E-state index in [2.05, 4.69) is 18.8 Å². The summed E-state index contributed by atoms with van der Waals surface area (Å²) in [4.78, 5) is 0. The van der Waals surface area contributed by atoms with Gasteiger partial charge in [-0.3, -0.25) is 0 Å². The zero-order valence-electron chi connectivity index (χ0n) is 18.6. The minimum Gasteiger partial charge on any atom is -0.491 e. The molecule has 1 saturated heterocycles. The Hall–Kier alpha value is -3.23. The summed E-state index contributed by atoms with van der Waals surface area (Å²) in [5.74, 6) is 4.12. The average Bonchev–Trinajstić information content (AvgIpc) is 2.82. The van der Waals surface area contributed by atoms with E-state index in [1.54, 1.807) is 43.3 Å². The Kier molecular flexibility index (Phi) is 7.05. The summed E-state index contributed by atoms with van der Waals surface area (Å²) in [5, 5.41) is 0. The predicted molar refractivity (Wildman–Crippen MR) is 123 cm³/mol. The van der Waals surface area contributed by atoms with E-state index in [1.807, 2.05) is 0 Å². The van der Waals surface area contributed by atoms with Gasteiger partial charge in [-0.1, -0.05) is 49.1 Å². The van der Waals surface area contributed by atoms with Crippen LogP contribution < -0.4 is 4.74 Å². The minimum absolute atomic E-state index is 0.107. The standard InChI is InChI=1S/C28H25F3O2/c1-3-32-26-15-14-24(27(30)28(26)31)21-9-7-20(8-10-21)23-13-6-19(16-25(23)29)5-12-22-11-4-18(2)17-33-22/h6-10,13-16,18,22H,3-4,11,17H2,1-2H3. The van der Waals surface area contributed by atoms with E-state index >= 15 is 0 Å². The van der Waals surface area contributed by atoms with Crippen LogP contribution in [0.3, 0.4) is 0 Å². The Labute approximate surface area is 192 Å². The summed E-state index contributed by atoms with van der Waals surface area (Å²) >= 11 is 0. The van der Waals surface area contributed by atoms with Gasteiger partial charge in [0.15, 0.2) is 11.6 Å².